The van der Waals surface area contributed by atoms with E-state index < -0.39 is 19.2 Å². The van der Waals surface area contributed by atoms with Crippen LogP contribution in [0.3, 0.4) is 0 Å². The number of aromatic nitrogens is 2. The van der Waals surface area contributed by atoms with E-state index in [0.29, 0.717) is 0 Å². The second-order valence-corrected chi connectivity index (χ2v) is 22.3. The number of pyridine rings is 2. The maximum absolute atomic E-state index is 8.24. The van der Waals surface area contributed by atoms with Crippen molar-refractivity contribution in [2.45, 2.75) is 46.8 Å². The number of hydrogen-bond acceptors (Lipinski definition) is 4. The molecular formula is C34H32GeIrN2OS-2. The van der Waals surface area contributed by atoms with Gasteiger partial charge in [0.25, 0.3) is 0 Å². The van der Waals surface area contributed by atoms with Gasteiger partial charge in [-0.3, -0.25) is 0 Å². The maximum atomic E-state index is 8.24. The van der Waals surface area contributed by atoms with Gasteiger partial charge in [-0.05, 0) is 34.7 Å². The van der Waals surface area contributed by atoms with Crippen molar-refractivity contribution in [1.82, 2.24) is 9.97 Å². The van der Waals surface area contributed by atoms with E-state index in [1.165, 1.54) is 4.40 Å². The molecule has 3 aromatic carbocycles. The van der Waals surface area contributed by atoms with Gasteiger partial charge < -0.3 is 9.72 Å². The number of fused-ring (bicyclic) bond motifs is 2. The van der Waals surface area contributed by atoms with Gasteiger partial charge in [-0.15, -0.1) is 30.0 Å². The molecule has 0 fully saturated rings. The molecule has 0 unspecified atom stereocenters. The first kappa shape index (κ1) is 28.8. The van der Waals surface area contributed by atoms with E-state index in [2.05, 4.69) is 57.6 Å². The molecule has 1 radical (unpaired) electrons. The fraction of sp³-hybridized carbons (Fsp3) is 0.176. The van der Waals surface area contributed by atoms with Gasteiger partial charge in [0.2, 0.25) is 0 Å². The van der Waals surface area contributed by atoms with Gasteiger partial charge in [0.15, 0.2) is 0 Å². The first-order chi connectivity index (χ1) is 19.1. The number of benzene rings is 3. The summed E-state index contributed by atoms with van der Waals surface area (Å²) in [6.45, 7) is 3.75. The van der Waals surface area contributed by atoms with Gasteiger partial charge in [-0.1, -0.05) is 43.2 Å². The van der Waals surface area contributed by atoms with Crippen molar-refractivity contribution in [2.24, 2.45) is 0 Å². The molecule has 6 heteroatoms. The Hall–Kier alpha value is -2.70. The van der Waals surface area contributed by atoms with Crippen molar-refractivity contribution in [2.75, 3.05) is 0 Å². The van der Waals surface area contributed by atoms with Crippen molar-refractivity contribution in [3.8, 4) is 34.0 Å². The number of ether oxygens (including phenoxy) is 1. The predicted octanol–water partition coefficient (Wildman–Crippen LogP) is 9.02. The normalized spacial score (nSPS) is 12.4. The second-order valence-electron chi connectivity index (χ2n) is 10.6. The van der Waals surface area contributed by atoms with Crippen LogP contribution in [0, 0.1) is 12.1 Å². The van der Waals surface area contributed by atoms with E-state index in [-0.39, 0.29) is 20.1 Å². The van der Waals surface area contributed by atoms with Crippen LogP contribution in [-0.2, 0) is 20.1 Å². The van der Waals surface area contributed by atoms with Crippen molar-refractivity contribution in [3.05, 3.63) is 115 Å². The number of rotatable bonds is 4. The standard InChI is InChI=1S/C20H16NOS.C14H16GeN.Ir/c1-13(2)14-10-11-21-16(12-14)15-6-5-9-19-20(15)22-17-7-3-4-8-18(17)23-19;1-15(2,3)13-9-10-14(16-11-13)12-7-5-4-6-8-12;/h3-5,7-13H,1-2H3;4-7,9-11H,1-3H3;/q2*-1;/i13D;;. The third-order valence-corrected chi connectivity index (χ3v) is 11.8. The molecule has 0 N–H and O–H groups in total. The quantitative estimate of drug-likeness (QED) is 0.132. The van der Waals surface area contributed by atoms with Gasteiger partial charge in [0.05, 0.1) is 10.6 Å². The van der Waals surface area contributed by atoms with Gasteiger partial charge in [0, 0.05) is 27.7 Å². The van der Waals surface area contributed by atoms with Crippen molar-refractivity contribution in [1.29, 1.82) is 0 Å². The Morgan fingerprint density at radius 3 is 2.35 bits per heavy atom. The zero-order valence-corrected chi connectivity index (χ0v) is 28.6. The van der Waals surface area contributed by atoms with Crippen LogP contribution in [0.5, 0.6) is 11.5 Å². The molecule has 40 heavy (non-hydrogen) atoms. The summed E-state index contributed by atoms with van der Waals surface area (Å²) in [5.41, 5.74) is 4.61. The van der Waals surface area contributed by atoms with E-state index in [1.54, 1.807) is 18.0 Å². The Kier molecular flexibility index (Phi) is 9.59. The van der Waals surface area contributed by atoms with E-state index in [4.69, 9.17) is 6.11 Å². The van der Waals surface area contributed by atoms with Gasteiger partial charge in [0.1, 0.15) is 5.75 Å². The average Bonchev–Trinajstić information content (AvgIpc) is 2.96. The molecule has 2 aromatic heterocycles. The number of hydrogen-bond donors (Lipinski definition) is 0. The molecule has 1 aliphatic rings. The van der Waals surface area contributed by atoms with Gasteiger partial charge >= 0.3 is 99.8 Å². The Balaban J connectivity index is 0.000000200. The fourth-order valence-electron chi connectivity index (χ4n) is 4.11. The Morgan fingerprint density at radius 1 is 0.850 bits per heavy atom. The van der Waals surface area contributed by atoms with Crippen LogP contribution in [0.2, 0.25) is 17.3 Å². The topological polar surface area (TPSA) is 35.0 Å². The summed E-state index contributed by atoms with van der Waals surface area (Å²) in [6, 6.07) is 34.5. The molecule has 0 saturated carbocycles. The molecule has 0 amide bonds. The first-order valence-corrected chi connectivity index (χ1v) is 21.2. The second kappa shape index (κ2) is 13.3. The third-order valence-electron chi connectivity index (χ3n) is 6.40. The summed E-state index contributed by atoms with van der Waals surface area (Å²) in [5, 5.41) is 0. The molecule has 3 nitrogen and oxygen atoms in total. The molecule has 0 atom stereocenters. The maximum Gasteiger partial charge on any atom is 0 e. The monoisotopic (exact) mass is 784 g/mol. The molecule has 1 aliphatic heterocycles. The Bertz CT molecular complexity index is 1620. The van der Waals surface area contributed by atoms with Crippen molar-refractivity contribution < 1.29 is 26.2 Å². The summed E-state index contributed by atoms with van der Waals surface area (Å²) in [6.07, 6.45) is 3.79. The molecular weight excluding hydrogens is 749 g/mol. The molecule has 0 bridgehead atoms. The van der Waals surface area contributed by atoms with Crippen LogP contribution in [0.25, 0.3) is 22.5 Å². The van der Waals surface area contributed by atoms with Crippen LogP contribution in [0.4, 0.5) is 0 Å². The minimum atomic E-state index is -1.72. The molecule has 6 rings (SSSR count). The SMILES string of the molecule is [2H]C(C)(C)c1ccnc(-c2[c-]ccc3c2Oc2ccccc2S3)c1.[CH3][Ge]([CH3])([CH3])[c]1ccc(-c2[c-]cccc2)nc1.[Ir]. The Labute approximate surface area is 260 Å². The summed E-state index contributed by atoms with van der Waals surface area (Å²) in [4.78, 5) is 11.2. The first-order valence-electron chi connectivity index (χ1n) is 13.5. The summed E-state index contributed by atoms with van der Waals surface area (Å²) in [5.74, 6) is 8.11. The smallest absolute Gasteiger partial charge is 0 e. The van der Waals surface area contributed by atoms with E-state index in [1.807, 2.05) is 86.8 Å². The van der Waals surface area contributed by atoms with Crippen LogP contribution < -0.4 is 9.13 Å². The van der Waals surface area contributed by atoms with Gasteiger partial charge in [-0.25, -0.2) is 0 Å². The van der Waals surface area contributed by atoms with Crippen LogP contribution in [0.15, 0.2) is 107 Å². The molecule has 205 valence electrons. The van der Waals surface area contributed by atoms with Crippen LogP contribution in [-0.4, -0.2) is 23.2 Å². The molecule has 0 aliphatic carbocycles. The summed E-state index contributed by atoms with van der Waals surface area (Å²) in [7, 11) is 0. The molecule has 0 spiro atoms. The van der Waals surface area contributed by atoms with Crippen molar-refractivity contribution in [3.63, 3.8) is 0 Å². The predicted molar refractivity (Wildman–Crippen MR) is 165 cm³/mol. The molecule has 5 aromatic rings. The van der Waals surface area contributed by atoms with Gasteiger partial charge in [-0.2, -0.15) is 0 Å². The van der Waals surface area contributed by atoms with E-state index in [0.717, 1.165) is 49.4 Å². The number of para-hydroxylation sites is 1. The Morgan fingerprint density at radius 2 is 1.65 bits per heavy atom. The van der Waals surface area contributed by atoms with Crippen molar-refractivity contribution >= 4 is 29.4 Å². The summed E-state index contributed by atoms with van der Waals surface area (Å²) < 4.78 is 15.8. The van der Waals surface area contributed by atoms with Crippen LogP contribution >= 0.6 is 11.8 Å². The summed E-state index contributed by atoms with van der Waals surface area (Å²) >= 11 is -0.0246. The zero-order chi connectivity index (χ0) is 28.3. The average molecular weight is 783 g/mol. The van der Waals surface area contributed by atoms with E-state index in [9.17, 15) is 0 Å². The largest absolute Gasteiger partial charge is 0 e. The minimum Gasteiger partial charge on any atom is 0 e. The molecule has 3 heterocycles. The fourth-order valence-corrected chi connectivity index (χ4v) is 7.25. The number of nitrogens with zero attached hydrogens (tertiary/aromatic N) is 2. The third kappa shape index (κ3) is 7.13. The minimum absolute atomic E-state index is 0. The van der Waals surface area contributed by atoms with Crippen LogP contribution in [0.1, 0.15) is 26.7 Å². The zero-order valence-electron chi connectivity index (χ0n) is 24.3. The molecule has 0 saturated heterocycles. The van der Waals surface area contributed by atoms with E-state index >= 15 is 0 Å².